The summed E-state index contributed by atoms with van der Waals surface area (Å²) in [6.45, 7) is 6.99. The highest BCUT2D eigenvalue weighted by atomic mass is 16.5. The fourth-order valence-corrected chi connectivity index (χ4v) is 4.37. The van der Waals surface area contributed by atoms with E-state index in [1.54, 1.807) is 47.6 Å². The van der Waals surface area contributed by atoms with E-state index in [2.05, 4.69) is 9.88 Å². The molecule has 4 rings (SSSR count). The molecule has 2 aromatic rings. The molecular formula is C26H31N3O5. The molecule has 1 N–H and O–H groups in total. The van der Waals surface area contributed by atoms with Gasteiger partial charge in [0.15, 0.2) is 0 Å². The van der Waals surface area contributed by atoms with Gasteiger partial charge in [0.25, 0.3) is 11.7 Å². The number of rotatable bonds is 9. The maximum atomic E-state index is 13.1. The molecule has 1 aromatic carbocycles. The van der Waals surface area contributed by atoms with Crippen LogP contribution in [0.4, 0.5) is 0 Å². The summed E-state index contributed by atoms with van der Waals surface area (Å²) in [5.74, 6) is -0.778. The van der Waals surface area contributed by atoms with Crippen LogP contribution in [0.5, 0.6) is 5.75 Å². The van der Waals surface area contributed by atoms with Crippen LogP contribution in [0.1, 0.15) is 36.9 Å². The summed E-state index contributed by atoms with van der Waals surface area (Å²) < 4.78 is 11.0. The smallest absolute Gasteiger partial charge is 0.295 e. The highest BCUT2D eigenvalue weighted by molar-refractivity contribution is 6.46. The van der Waals surface area contributed by atoms with Gasteiger partial charge in [0, 0.05) is 44.1 Å². The summed E-state index contributed by atoms with van der Waals surface area (Å²) in [6.07, 6.45) is 4.89. The first-order valence-electron chi connectivity index (χ1n) is 11.8. The molecule has 0 saturated carbocycles. The minimum atomic E-state index is -0.686. The Morgan fingerprint density at radius 1 is 1.15 bits per heavy atom. The fourth-order valence-electron chi connectivity index (χ4n) is 4.37. The van der Waals surface area contributed by atoms with Crippen LogP contribution in [0.25, 0.3) is 5.76 Å². The number of aliphatic hydroxyl groups excluding tert-OH is 1. The number of nitrogens with zero attached hydrogens (tertiary/aromatic N) is 3. The minimum Gasteiger partial charge on any atom is -0.507 e. The van der Waals surface area contributed by atoms with Crippen molar-refractivity contribution in [2.45, 2.75) is 25.8 Å². The molecule has 0 spiro atoms. The van der Waals surface area contributed by atoms with Crippen molar-refractivity contribution in [3.8, 4) is 5.75 Å². The Labute approximate surface area is 199 Å². The van der Waals surface area contributed by atoms with Crippen molar-refractivity contribution in [2.24, 2.45) is 0 Å². The zero-order chi connectivity index (χ0) is 23.9. The van der Waals surface area contributed by atoms with Crippen LogP contribution in [0.3, 0.4) is 0 Å². The average molecular weight is 466 g/mol. The summed E-state index contributed by atoms with van der Waals surface area (Å²) in [5.41, 5.74) is 1.24. The van der Waals surface area contributed by atoms with Crippen LogP contribution in [-0.2, 0) is 14.3 Å². The van der Waals surface area contributed by atoms with Gasteiger partial charge in [-0.15, -0.1) is 0 Å². The number of amides is 1. The van der Waals surface area contributed by atoms with Gasteiger partial charge in [-0.2, -0.15) is 0 Å². The van der Waals surface area contributed by atoms with Crippen LogP contribution in [-0.4, -0.2) is 77.6 Å². The number of benzene rings is 1. The van der Waals surface area contributed by atoms with Gasteiger partial charge < -0.3 is 19.5 Å². The zero-order valence-corrected chi connectivity index (χ0v) is 19.5. The fraction of sp³-hybridized carbons (Fsp3) is 0.423. The summed E-state index contributed by atoms with van der Waals surface area (Å²) in [5, 5.41) is 11.2. The van der Waals surface area contributed by atoms with Gasteiger partial charge >= 0.3 is 0 Å². The number of aliphatic hydroxyl groups is 1. The molecule has 1 atom stereocenters. The van der Waals surface area contributed by atoms with Crippen molar-refractivity contribution >= 4 is 17.4 Å². The highest BCUT2D eigenvalue weighted by Gasteiger charge is 2.45. The van der Waals surface area contributed by atoms with E-state index < -0.39 is 17.7 Å². The molecule has 8 heteroatoms. The Balaban J connectivity index is 1.61. The Hall–Kier alpha value is -3.23. The number of hydrogen-bond donors (Lipinski definition) is 1. The number of morpholine rings is 1. The quantitative estimate of drug-likeness (QED) is 0.346. The number of ether oxygens (including phenoxy) is 2. The van der Waals surface area contributed by atoms with Crippen molar-refractivity contribution in [1.29, 1.82) is 0 Å². The van der Waals surface area contributed by atoms with Gasteiger partial charge in [-0.1, -0.05) is 13.0 Å². The second-order valence-corrected chi connectivity index (χ2v) is 8.46. The molecule has 8 nitrogen and oxygen atoms in total. The summed E-state index contributed by atoms with van der Waals surface area (Å²) in [6, 6.07) is 9.81. The maximum absolute atomic E-state index is 13.1. The molecule has 0 bridgehead atoms. The summed E-state index contributed by atoms with van der Waals surface area (Å²) >= 11 is 0. The molecule has 1 amide bonds. The van der Waals surface area contributed by atoms with Crippen molar-refractivity contribution in [3.63, 3.8) is 0 Å². The Morgan fingerprint density at radius 3 is 2.59 bits per heavy atom. The van der Waals surface area contributed by atoms with Gasteiger partial charge in [-0.05, 0) is 48.7 Å². The van der Waals surface area contributed by atoms with Crippen LogP contribution < -0.4 is 4.74 Å². The number of Topliss-reactive ketones (excluding diaryl/α,β-unsaturated/α-hetero) is 1. The first-order valence-corrected chi connectivity index (χ1v) is 11.8. The van der Waals surface area contributed by atoms with Gasteiger partial charge in [0.2, 0.25) is 0 Å². The third-order valence-electron chi connectivity index (χ3n) is 6.12. The van der Waals surface area contributed by atoms with E-state index in [0.717, 1.165) is 26.1 Å². The Bertz CT molecular complexity index is 1020. The molecule has 1 aromatic heterocycles. The SMILES string of the molecule is CCCOc1ccc(C(O)=C2C(=O)C(=O)N(CCCN3CCOCC3)[C@@H]2c2cccnc2)cc1. The Morgan fingerprint density at radius 2 is 1.91 bits per heavy atom. The maximum Gasteiger partial charge on any atom is 0.295 e. The number of hydrogen-bond acceptors (Lipinski definition) is 7. The second-order valence-electron chi connectivity index (χ2n) is 8.46. The monoisotopic (exact) mass is 465 g/mol. The molecule has 34 heavy (non-hydrogen) atoms. The number of carbonyl (C=O) groups excluding carboxylic acids is 2. The number of carbonyl (C=O) groups is 2. The largest absolute Gasteiger partial charge is 0.507 e. The number of pyridine rings is 1. The molecule has 2 fully saturated rings. The van der Waals surface area contributed by atoms with Crippen molar-refractivity contribution in [3.05, 3.63) is 65.5 Å². The third kappa shape index (κ3) is 5.29. The Kier molecular flexibility index (Phi) is 7.92. The van der Waals surface area contributed by atoms with Gasteiger partial charge in [0.05, 0.1) is 31.4 Å². The summed E-state index contributed by atoms with van der Waals surface area (Å²) in [4.78, 5) is 34.2. The number of ketones is 1. The van der Waals surface area contributed by atoms with E-state index in [0.29, 0.717) is 49.7 Å². The van der Waals surface area contributed by atoms with E-state index in [9.17, 15) is 14.7 Å². The predicted octanol–water partition coefficient (Wildman–Crippen LogP) is 3.01. The lowest BCUT2D eigenvalue weighted by molar-refractivity contribution is -0.140. The van der Waals surface area contributed by atoms with Gasteiger partial charge in [0.1, 0.15) is 11.5 Å². The predicted molar refractivity (Wildman–Crippen MR) is 127 cm³/mol. The van der Waals surface area contributed by atoms with Crippen LogP contribution in [0.2, 0.25) is 0 Å². The molecule has 2 saturated heterocycles. The lowest BCUT2D eigenvalue weighted by Crippen LogP contribution is -2.39. The molecular weight excluding hydrogens is 434 g/mol. The van der Waals surface area contributed by atoms with E-state index in [4.69, 9.17) is 9.47 Å². The van der Waals surface area contributed by atoms with Crippen LogP contribution in [0.15, 0.2) is 54.4 Å². The standard InChI is InChI=1S/C26H31N3O5/c1-2-15-34-21-8-6-19(7-9-21)24(30)22-23(20-5-3-10-27-18-20)29(26(32)25(22)31)12-4-11-28-13-16-33-17-14-28/h3,5-10,18,23,30H,2,4,11-17H2,1H3/t23-/m1/s1. The second kappa shape index (κ2) is 11.3. The normalized spacial score (nSPS) is 20.6. The van der Waals surface area contributed by atoms with Crippen LogP contribution in [0, 0.1) is 0 Å². The van der Waals surface area contributed by atoms with Gasteiger partial charge in [-0.25, -0.2) is 0 Å². The van der Waals surface area contributed by atoms with E-state index in [1.807, 2.05) is 13.0 Å². The molecule has 0 unspecified atom stereocenters. The third-order valence-corrected chi connectivity index (χ3v) is 6.12. The first kappa shape index (κ1) is 23.9. The minimum absolute atomic E-state index is 0.0894. The molecule has 0 aliphatic carbocycles. The topological polar surface area (TPSA) is 92.2 Å². The lowest BCUT2D eigenvalue weighted by Gasteiger charge is -2.29. The molecule has 0 radical (unpaired) electrons. The highest BCUT2D eigenvalue weighted by Crippen LogP contribution is 2.39. The molecule has 2 aliphatic rings. The number of likely N-dealkylation sites (tertiary alicyclic amines) is 1. The lowest BCUT2D eigenvalue weighted by atomic mass is 9.96. The van der Waals surface area contributed by atoms with Crippen molar-refractivity contribution in [2.75, 3.05) is 46.0 Å². The number of aromatic nitrogens is 1. The molecule has 180 valence electrons. The van der Waals surface area contributed by atoms with E-state index >= 15 is 0 Å². The molecule has 2 aliphatic heterocycles. The van der Waals surface area contributed by atoms with E-state index in [-0.39, 0.29) is 11.3 Å². The summed E-state index contributed by atoms with van der Waals surface area (Å²) in [7, 11) is 0. The average Bonchev–Trinajstić information content (AvgIpc) is 3.13. The molecule has 3 heterocycles. The van der Waals surface area contributed by atoms with E-state index in [1.165, 1.54) is 0 Å². The zero-order valence-electron chi connectivity index (χ0n) is 19.5. The first-order chi connectivity index (χ1) is 16.6. The van der Waals surface area contributed by atoms with Crippen LogP contribution >= 0.6 is 0 Å². The van der Waals surface area contributed by atoms with Gasteiger partial charge in [-0.3, -0.25) is 19.5 Å². The van der Waals surface area contributed by atoms with Crippen molar-refractivity contribution < 1.29 is 24.2 Å². The van der Waals surface area contributed by atoms with Crippen molar-refractivity contribution in [1.82, 2.24) is 14.8 Å².